The van der Waals surface area contributed by atoms with E-state index in [2.05, 4.69) is 36.4 Å². The van der Waals surface area contributed by atoms with Crippen LogP contribution in [0.25, 0.3) is 0 Å². The summed E-state index contributed by atoms with van der Waals surface area (Å²) in [6, 6.07) is 10.5. The highest BCUT2D eigenvalue weighted by molar-refractivity contribution is 5.16. The van der Waals surface area contributed by atoms with Crippen molar-refractivity contribution >= 4 is 0 Å². The quantitative estimate of drug-likeness (QED) is 0.737. The molecule has 3 aliphatic rings. The minimum absolute atomic E-state index is 0.120. The van der Waals surface area contributed by atoms with E-state index < -0.39 is 11.6 Å². The van der Waals surface area contributed by atoms with Crippen LogP contribution in [0.5, 0.6) is 0 Å². The molecule has 0 unspecified atom stereocenters. The molecule has 1 aromatic carbocycles. The van der Waals surface area contributed by atoms with Crippen LogP contribution in [-0.2, 0) is 30.1 Å². The maximum atomic E-state index is 6.31. The van der Waals surface area contributed by atoms with Gasteiger partial charge in [-0.2, -0.15) is 0 Å². The third-order valence-electron chi connectivity index (χ3n) is 5.29. The van der Waals surface area contributed by atoms with E-state index in [0.717, 1.165) is 12.8 Å². The van der Waals surface area contributed by atoms with Crippen LogP contribution in [0.15, 0.2) is 42.5 Å². The van der Waals surface area contributed by atoms with E-state index in [-0.39, 0.29) is 30.5 Å². The topological polar surface area (TPSA) is 46.2 Å². The van der Waals surface area contributed by atoms with Gasteiger partial charge >= 0.3 is 0 Å². The van der Waals surface area contributed by atoms with Gasteiger partial charge in [-0.1, -0.05) is 42.5 Å². The number of fused-ring (bicyclic) bond motifs is 1. The Bertz CT molecular complexity index is 669. The zero-order valence-electron chi connectivity index (χ0n) is 16.6. The van der Waals surface area contributed by atoms with Gasteiger partial charge in [-0.15, -0.1) is 0 Å². The molecule has 0 amide bonds. The number of aryl methyl sites for hydroxylation is 1. The van der Waals surface area contributed by atoms with E-state index in [1.165, 1.54) is 5.56 Å². The van der Waals surface area contributed by atoms with Gasteiger partial charge in [0, 0.05) is 0 Å². The van der Waals surface area contributed by atoms with Crippen molar-refractivity contribution in [1.82, 2.24) is 0 Å². The van der Waals surface area contributed by atoms with Crippen LogP contribution in [0.1, 0.15) is 39.7 Å². The Morgan fingerprint density at radius 3 is 2.37 bits per heavy atom. The maximum Gasteiger partial charge on any atom is 0.164 e. The predicted octanol–water partition coefficient (Wildman–Crippen LogP) is 3.61. The number of ether oxygens (including phenoxy) is 5. The third-order valence-corrected chi connectivity index (χ3v) is 5.29. The average molecular weight is 374 g/mol. The molecule has 0 aromatic heterocycles. The Hall–Kier alpha value is -1.24. The van der Waals surface area contributed by atoms with Gasteiger partial charge in [-0.05, 0) is 46.1 Å². The molecule has 0 spiro atoms. The van der Waals surface area contributed by atoms with Crippen molar-refractivity contribution in [3.05, 3.63) is 48.0 Å². The summed E-state index contributed by atoms with van der Waals surface area (Å²) in [5.41, 5.74) is 1.34. The number of hydrogen-bond acceptors (Lipinski definition) is 5. The molecule has 0 bridgehead atoms. The van der Waals surface area contributed by atoms with E-state index in [9.17, 15) is 0 Å². The second-order valence-electron chi connectivity index (χ2n) is 8.45. The first-order chi connectivity index (χ1) is 12.8. The Kier molecular flexibility index (Phi) is 5.16. The maximum absolute atomic E-state index is 6.31. The summed E-state index contributed by atoms with van der Waals surface area (Å²) in [5, 5.41) is 0. The van der Waals surface area contributed by atoms with Crippen molar-refractivity contribution in [1.29, 1.82) is 0 Å². The van der Waals surface area contributed by atoms with Gasteiger partial charge in [-0.3, -0.25) is 0 Å². The van der Waals surface area contributed by atoms with Crippen LogP contribution < -0.4 is 0 Å². The van der Waals surface area contributed by atoms with E-state index in [1.54, 1.807) is 0 Å². The van der Waals surface area contributed by atoms with Gasteiger partial charge in [0.25, 0.3) is 0 Å². The van der Waals surface area contributed by atoms with Gasteiger partial charge in [0.15, 0.2) is 11.6 Å². The molecule has 0 saturated carbocycles. The summed E-state index contributed by atoms with van der Waals surface area (Å²) in [6.07, 6.45) is 5.54. The Labute approximate surface area is 161 Å². The van der Waals surface area contributed by atoms with Gasteiger partial charge < -0.3 is 23.7 Å². The Balaban J connectivity index is 1.41. The molecule has 3 aliphatic heterocycles. The van der Waals surface area contributed by atoms with Crippen LogP contribution in [0.4, 0.5) is 0 Å². The molecule has 0 radical (unpaired) electrons. The molecule has 4 rings (SSSR count). The molecule has 148 valence electrons. The van der Waals surface area contributed by atoms with Crippen molar-refractivity contribution < 1.29 is 23.7 Å². The minimum atomic E-state index is -0.609. The van der Waals surface area contributed by atoms with Crippen molar-refractivity contribution in [2.24, 2.45) is 0 Å². The van der Waals surface area contributed by atoms with Crippen molar-refractivity contribution in [2.45, 2.75) is 82.6 Å². The zero-order chi connectivity index (χ0) is 19.1. The third kappa shape index (κ3) is 4.28. The Morgan fingerprint density at radius 1 is 0.926 bits per heavy atom. The predicted molar refractivity (Wildman–Crippen MR) is 101 cm³/mol. The molecule has 0 N–H and O–H groups in total. The van der Waals surface area contributed by atoms with Crippen LogP contribution in [0.2, 0.25) is 0 Å². The largest absolute Gasteiger partial charge is 0.362 e. The molecule has 5 heteroatoms. The molecule has 3 fully saturated rings. The van der Waals surface area contributed by atoms with E-state index in [1.807, 2.05) is 33.8 Å². The average Bonchev–Trinajstić information content (AvgIpc) is 3.23. The molecule has 3 saturated heterocycles. The summed E-state index contributed by atoms with van der Waals surface area (Å²) in [4.78, 5) is 0. The molecule has 27 heavy (non-hydrogen) atoms. The smallest absolute Gasteiger partial charge is 0.164 e. The van der Waals surface area contributed by atoms with Crippen LogP contribution in [0.3, 0.4) is 0 Å². The van der Waals surface area contributed by atoms with E-state index in [0.29, 0.717) is 6.61 Å². The lowest BCUT2D eigenvalue weighted by atomic mass is 10.0. The molecular weight excluding hydrogens is 344 g/mol. The van der Waals surface area contributed by atoms with Crippen LogP contribution in [-0.4, -0.2) is 48.7 Å². The van der Waals surface area contributed by atoms with Crippen LogP contribution >= 0.6 is 0 Å². The van der Waals surface area contributed by atoms with Crippen molar-refractivity contribution in [3.8, 4) is 0 Å². The van der Waals surface area contributed by atoms with E-state index in [4.69, 9.17) is 23.7 Å². The second kappa shape index (κ2) is 7.30. The second-order valence-corrected chi connectivity index (χ2v) is 8.45. The highest BCUT2D eigenvalue weighted by atomic mass is 16.8. The fourth-order valence-electron chi connectivity index (χ4n) is 4.12. The molecule has 3 heterocycles. The van der Waals surface area contributed by atoms with Gasteiger partial charge in [-0.25, -0.2) is 0 Å². The standard InChI is InChI=1S/C22H30O5/c1-21(2)23-14-17(25-21)18-20-19(26-22(3,4)27-20)16(24-18)13-9-8-12-15-10-6-5-7-11-15/h5-7,9-11,13,16-20H,8,12,14H2,1-4H3/b13-9-/t16-,17-,18-,19-,20+/m1/s1. The summed E-state index contributed by atoms with van der Waals surface area (Å²) >= 11 is 0. The highest BCUT2D eigenvalue weighted by Crippen LogP contribution is 2.42. The van der Waals surface area contributed by atoms with E-state index >= 15 is 0 Å². The monoisotopic (exact) mass is 374 g/mol. The number of benzene rings is 1. The SMILES string of the molecule is CC1(C)O[C@@H]2[C@H](O1)[C@@H](/C=C\CCc1ccccc1)O[C@@H]2[C@H]1COC(C)(C)O1. The van der Waals surface area contributed by atoms with Crippen molar-refractivity contribution in [3.63, 3.8) is 0 Å². The molecule has 5 nitrogen and oxygen atoms in total. The summed E-state index contributed by atoms with van der Waals surface area (Å²) in [6.45, 7) is 8.27. The number of allylic oxidation sites excluding steroid dienone is 1. The molecule has 1 aromatic rings. The number of rotatable bonds is 5. The van der Waals surface area contributed by atoms with Gasteiger partial charge in [0.2, 0.25) is 0 Å². The Morgan fingerprint density at radius 2 is 1.67 bits per heavy atom. The fraction of sp³-hybridized carbons (Fsp3) is 0.636. The summed E-state index contributed by atoms with van der Waals surface area (Å²) < 4.78 is 30.4. The minimum Gasteiger partial charge on any atom is -0.362 e. The zero-order valence-corrected chi connectivity index (χ0v) is 16.6. The molecular formula is C22H30O5. The van der Waals surface area contributed by atoms with Gasteiger partial charge in [0.05, 0.1) is 6.61 Å². The summed E-state index contributed by atoms with van der Waals surface area (Å²) in [7, 11) is 0. The highest BCUT2D eigenvalue weighted by Gasteiger charge is 2.58. The fourth-order valence-corrected chi connectivity index (χ4v) is 4.12. The lowest BCUT2D eigenvalue weighted by Gasteiger charge is -2.26. The summed E-state index contributed by atoms with van der Waals surface area (Å²) in [5.74, 6) is -1.19. The molecule has 5 atom stereocenters. The van der Waals surface area contributed by atoms with Crippen LogP contribution in [0, 0.1) is 0 Å². The first kappa shape index (κ1) is 19.1. The lowest BCUT2D eigenvalue weighted by molar-refractivity contribution is -0.202. The van der Waals surface area contributed by atoms with Crippen molar-refractivity contribution in [2.75, 3.05) is 6.61 Å². The first-order valence-corrected chi connectivity index (χ1v) is 9.86. The van der Waals surface area contributed by atoms with Gasteiger partial charge in [0.1, 0.15) is 30.5 Å². The first-order valence-electron chi connectivity index (χ1n) is 9.86. The normalized spacial score (nSPS) is 37.1. The number of hydrogen-bond donors (Lipinski definition) is 0. The molecule has 0 aliphatic carbocycles. The lowest BCUT2D eigenvalue weighted by Crippen LogP contribution is -2.40.